The zero-order chi connectivity index (χ0) is 12.8. The van der Waals surface area contributed by atoms with Crippen molar-refractivity contribution in [3.8, 4) is 0 Å². The van der Waals surface area contributed by atoms with Crippen LogP contribution in [-0.2, 0) is 19.2 Å². The molecule has 2 rings (SSSR count). The number of hydrogen-bond acceptors (Lipinski definition) is 5. The van der Waals surface area contributed by atoms with E-state index in [1.54, 1.807) is 20.8 Å². The normalized spacial score (nSPS) is 31.4. The van der Waals surface area contributed by atoms with E-state index in [1.165, 1.54) is 0 Å². The van der Waals surface area contributed by atoms with Gasteiger partial charge in [-0.25, -0.2) is 8.98 Å². The largest absolute Gasteiger partial charge is 0.443 e. The minimum atomic E-state index is -3.96. The molecule has 0 aromatic rings. The van der Waals surface area contributed by atoms with Crippen LogP contribution in [0.2, 0.25) is 0 Å². The highest BCUT2D eigenvalue weighted by molar-refractivity contribution is 7.85. The van der Waals surface area contributed by atoms with Crippen LogP contribution in [0, 0.1) is 0 Å². The zero-order valence-corrected chi connectivity index (χ0v) is 11.0. The Hall–Kier alpha value is -0.820. The molecule has 1 heterocycles. The van der Waals surface area contributed by atoms with Crippen LogP contribution >= 0.6 is 0 Å². The monoisotopic (exact) mass is 263 g/mol. The highest BCUT2D eigenvalue weighted by Gasteiger charge is 2.52. The van der Waals surface area contributed by atoms with Gasteiger partial charge >= 0.3 is 16.4 Å². The van der Waals surface area contributed by atoms with Crippen LogP contribution in [0.25, 0.3) is 0 Å². The van der Waals surface area contributed by atoms with Gasteiger partial charge in [0.05, 0.1) is 6.04 Å². The van der Waals surface area contributed by atoms with Crippen molar-refractivity contribution in [3.63, 3.8) is 0 Å². The number of fused-ring (bicyclic) bond motifs is 1. The fourth-order valence-corrected chi connectivity index (χ4v) is 3.61. The van der Waals surface area contributed by atoms with Crippen LogP contribution in [0.15, 0.2) is 0 Å². The van der Waals surface area contributed by atoms with Gasteiger partial charge in [-0.3, -0.25) is 0 Å². The van der Waals surface area contributed by atoms with Crippen molar-refractivity contribution < 1.29 is 22.1 Å². The molecule has 1 aliphatic carbocycles. The molecular formula is C10H17NO5S. The lowest BCUT2D eigenvalue weighted by molar-refractivity contribution is 0.0348. The quantitative estimate of drug-likeness (QED) is 0.661. The third-order valence-electron chi connectivity index (χ3n) is 2.78. The van der Waals surface area contributed by atoms with Gasteiger partial charge in [0, 0.05) is 0 Å². The van der Waals surface area contributed by atoms with Crippen molar-refractivity contribution in [2.45, 2.75) is 57.8 Å². The van der Waals surface area contributed by atoms with E-state index < -0.39 is 34.1 Å². The van der Waals surface area contributed by atoms with Gasteiger partial charge in [-0.2, -0.15) is 12.7 Å². The predicted molar refractivity (Wildman–Crippen MR) is 59.5 cm³/mol. The summed E-state index contributed by atoms with van der Waals surface area (Å²) in [5.41, 5.74) is -0.719. The summed E-state index contributed by atoms with van der Waals surface area (Å²) in [7, 11) is -3.96. The Morgan fingerprint density at radius 3 is 2.59 bits per heavy atom. The maximum absolute atomic E-state index is 11.9. The number of amides is 1. The first kappa shape index (κ1) is 12.6. The van der Waals surface area contributed by atoms with Gasteiger partial charge in [-0.15, -0.1) is 0 Å². The maximum atomic E-state index is 11.9. The molecule has 1 aliphatic heterocycles. The van der Waals surface area contributed by atoms with E-state index in [0.717, 1.165) is 10.7 Å². The molecule has 6 nitrogen and oxygen atoms in total. The molecule has 17 heavy (non-hydrogen) atoms. The summed E-state index contributed by atoms with van der Waals surface area (Å²) < 4.78 is 34.2. The molecule has 1 saturated heterocycles. The van der Waals surface area contributed by atoms with Crippen LogP contribution in [0.4, 0.5) is 4.79 Å². The van der Waals surface area contributed by atoms with E-state index in [1.807, 2.05) is 0 Å². The van der Waals surface area contributed by atoms with Crippen LogP contribution < -0.4 is 0 Å². The molecule has 7 heteroatoms. The van der Waals surface area contributed by atoms with Crippen molar-refractivity contribution >= 4 is 16.4 Å². The first-order valence-corrected chi connectivity index (χ1v) is 7.03. The van der Waals surface area contributed by atoms with Crippen molar-refractivity contribution in [1.82, 2.24) is 4.31 Å². The minimum Gasteiger partial charge on any atom is -0.443 e. The van der Waals surface area contributed by atoms with Crippen molar-refractivity contribution in [3.05, 3.63) is 0 Å². The second-order valence-electron chi connectivity index (χ2n) is 5.37. The SMILES string of the molecule is CC(C)(C)OC(=O)N1[C@H]2CCC[C@H]2OS1(=O)=O. The lowest BCUT2D eigenvalue weighted by Gasteiger charge is -2.25. The number of nitrogens with zero attached hydrogens (tertiary/aromatic N) is 1. The first-order valence-electron chi connectivity index (χ1n) is 5.66. The second-order valence-corrected chi connectivity index (χ2v) is 6.81. The fourth-order valence-electron chi connectivity index (χ4n) is 2.19. The average Bonchev–Trinajstić information content (AvgIpc) is 2.55. The van der Waals surface area contributed by atoms with Gasteiger partial charge < -0.3 is 4.74 Å². The van der Waals surface area contributed by atoms with Gasteiger partial charge in [-0.05, 0) is 40.0 Å². The van der Waals surface area contributed by atoms with E-state index >= 15 is 0 Å². The Bertz CT molecular complexity index is 424. The summed E-state index contributed by atoms with van der Waals surface area (Å²) in [5, 5.41) is 0. The Labute approximate surface area is 101 Å². The minimum absolute atomic E-state index is 0.394. The summed E-state index contributed by atoms with van der Waals surface area (Å²) in [6.07, 6.45) is 0.940. The predicted octanol–water partition coefficient (Wildman–Crippen LogP) is 1.42. The van der Waals surface area contributed by atoms with Crippen LogP contribution in [0.3, 0.4) is 0 Å². The summed E-state index contributed by atoms with van der Waals surface area (Å²) in [4.78, 5) is 11.9. The number of hydrogen-bond donors (Lipinski definition) is 0. The van der Waals surface area contributed by atoms with E-state index in [0.29, 0.717) is 12.8 Å². The summed E-state index contributed by atoms with van der Waals surface area (Å²) >= 11 is 0. The molecule has 2 fully saturated rings. The van der Waals surface area contributed by atoms with Crippen molar-refractivity contribution in [2.75, 3.05) is 0 Å². The second kappa shape index (κ2) is 3.84. The van der Waals surface area contributed by atoms with Gasteiger partial charge in [0.15, 0.2) is 0 Å². The molecule has 1 saturated carbocycles. The van der Waals surface area contributed by atoms with Gasteiger partial charge in [-0.1, -0.05) is 0 Å². The smallest absolute Gasteiger partial charge is 0.426 e. The molecule has 0 unspecified atom stereocenters. The molecule has 0 aromatic heterocycles. The molecular weight excluding hydrogens is 246 g/mol. The molecule has 0 aromatic carbocycles. The zero-order valence-electron chi connectivity index (χ0n) is 10.2. The molecule has 0 radical (unpaired) electrons. The lowest BCUT2D eigenvalue weighted by atomic mass is 10.2. The van der Waals surface area contributed by atoms with Crippen LogP contribution in [0.5, 0.6) is 0 Å². The molecule has 98 valence electrons. The van der Waals surface area contributed by atoms with E-state index in [4.69, 9.17) is 8.92 Å². The molecule has 2 aliphatic rings. The number of carbonyl (C=O) groups excluding carboxylic acids is 1. The summed E-state index contributed by atoms with van der Waals surface area (Å²) in [5.74, 6) is 0. The summed E-state index contributed by atoms with van der Waals surface area (Å²) in [6.45, 7) is 5.09. The highest BCUT2D eigenvalue weighted by Crippen LogP contribution is 2.37. The van der Waals surface area contributed by atoms with E-state index in [9.17, 15) is 13.2 Å². The Morgan fingerprint density at radius 1 is 1.35 bits per heavy atom. The molecule has 0 spiro atoms. The van der Waals surface area contributed by atoms with Crippen LogP contribution in [-0.4, -0.2) is 36.6 Å². The number of ether oxygens (including phenoxy) is 1. The van der Waals surface area contributed by atoms with E-state index in [-0.39, 0.29) is 0 Å². The van der Waals surface area contributed by atoms with Gasteiger partial charge in [0.25, 0.3) is 0 Å². The van der Waals surface area contributed by atoms with E-state index in [2.05, 4.69) is 0 Å². The Kier molecular flexibility index (Phi) is 2.86. The van der Waals surface area contributed by atoms with Gasteiger partial charge in [0.1, 0.15) is 11.7 Å². The fraction of sp³-hybridized carbons (Fsp3) is 0.900. The number of carbonyl (C=O) groups is 1. The third-order valence-corrected chi connectivity index (χ3v) is 4.17. The maximum Gasteiger partial charge on any atom is 0.426 e. The molecule has 2 atom stereocenters. The number of rotatable bonds is 0. The van der Waals surface area contributed by atoms with Crippen molar-refractivity contribution in [2.24, 2.45) is 0 Å². The standard InChI is InChI=1S/C10H17NO5S/c1-10(2,3)15-9(12)11-7-5-4-6-8(7)16-17(11,13)14/h7-8H,4-6H2,1-3H3/t7-,8+/m0/s1. The van der Waals surface area contributed by atoms with Gasteiger partial charge in [0.2, 0.25) is 0 Å². The summed E-state index contributed by atoms with van der Waals surface area (Å²) in [6, 6.07) is -0.394. The Morgan fingerprint density at radius 2 is 2.00 bits per heavy atom. The average molecular weight is 263 g/mol. The van der Waals surface area contributed by atoms with Crippen LogP contribution in [0.1, 0.15) is 40.0 Å². The topological polar surface area (TPSA) is 72.9 Å². The molecule has 0 bridgehead atoms. The first-order chi connectivity index (χ1) is 7.71. The molecule has 1 amide bonds. The Balaban J connectivity index is 2.21. The highest BCUT2D eigenvalue weighted by atomic mass is 32.2. The lowest BCUT2D eigenvalue weighted by Crippen LogP contribution is -2.42. The third kappa shape index (κ3) is 2.40. The molecule has 0 N–H and O–H groups in total. The van der Waals surface area contributed by atoms with Crippen molar-refractivity contribution in [1.29, 1.82) is 0 Å².